The summed E-state index contributed by atoms with van der Waals surface area (Å²) in [5.41, 5.74) is -1.29. The first-order chi connectivity index (χ1) is 7.09. The molecule has 2 nitrogen and oxygen atoms in total. The lowest BCUT2D eigenvalue weighted by atomic mass is 10.0. The Morgan fingerprint density at radius 3 is 2.47 bits per heavy atom. The molecule has 0 N–H and O–H groups in total. The van der Waals surface area contributed by atoms with Gasteiger partial charge < -0.3 is 0 Å². The Balaban J connectivity index is 2.57. The number of nitrogens with zero attached hydrogens (tertiary/aromatic N) is 1. The van der Waals surface area contributed by atoms with Crippen molar-refractivity contribution >= 4 is 6.08 Å². The maximum Gasteiger partial charge on any atom is 0.235 e. The van der Waals surface area contributed by atoms with Crippen LogP contribution in [0.25, 0.3) is 0 Å². The summed E-state index contributed by atoms with van der Waals surface area (Å²) < 4.78 is 39.1. The standard InChI is InChI=1S/C10H6F3NO/c11-6-3-7(9(13)8(12)4-6)10(1-2-10)14-5-15/h3-4H,1-2H2. The van der Waals surface area contributed by atoms with Gasteiger partial charge >= 0.3 is 0 Å². The van der Waals surface area contributed by atoms with E-state index in [2.05, 4.69) is 4.99 Å². The van der Waals surface area contributed by atoms with Gasteiger partial charge in [-0.15, -0.1) is 0 Å². The molecule has 5 heteroatoms. The first kappa shape index (κ1) is 9.93. The molecule has 0 saturated heterocycles. The Kier molecular flexibility index (Phi) is 2.12. The number of aliphatic imine (C=N–C) groups is 1. The maximum atomic E-state index is 13.3. The van der Waals surface area contributed by atoms with Gasteiger partial charge in [0.15, 0.2) is 11.6 Å². The Morgan fingerprint density at radius 1 is 1.27 bits per heavy atom. The van der Waals surface area contributed by atoms with Crippen molar-refractivity contribution in [1.29, 1.82) is 0 Å². The Labute approximate surface area is 83.4 Å². The van der Waals surface area contributed by atoms with Crippen LogP contribution in [0.2, 0.25) is 0 Å². The van der Waals surface area contributed by atoms with Crippen molar-refractivity contribution in [3.8, 4) is 0 Å². The highest BCUT2D eigenvalue weighted by molar-refractivity contribution is 5.42. The maximum absolute atomic E-state index is 13.3. The molecule has 78 valence electrons. The van der Waals surface area contributed by atoms with Crippen molar-refractivity contribution in [2.45, 2.75) is 18.4 Å². The van der Waals surface area contributed by atoms with Crippen molar-refractivity contribution < 1.29 is 18.0 Å². The smallest absolute Gasteiger partial charge is 0.211 e. The van der Waals surface area contributed by atoms with E-state index in [0.717, 1.165) is 6.07 Å². The minimum Gasteiger partial charge on any atom is -0.211 e. The van der Waals surface area contributed by atoms with Gasteiger partial charge in [-0.2, -0.15) is 4.99 Å². The molecule has 0 atom stereocenters. The second-order valence-electron chi connectivity index (χ2n) is 3.48. The average Bonchev–Trinajstić information content (AvgIpc) is 2.93. The van der Waals surface area contributed by atoms with E-state index in [1.54, 1.807) is 0 Å². The molecule has 15 heavy (non-hydrogen) atoms. The molecule has 0 aromatic heterocycles. The molecular weight excluding hydrogens is 207 g/mol. The van der Waals surface area contributed by atoms with E-state index in [0.29, 0.717) is 18.9 Å². The summed E-state index contributed by atoms with van der Waals surface area (Å²) in [6.07, 6.45) is 2.11. The summed E-state index contributed by atoms with van der Waals surface area (Å²) in [4.78, 5) is 13.5. The van der Waals surface area contributed by atoms with E-state index in [9.17, 15) is 18.0 Å². The summed E-state index contributed by atoms with van der Waals surface area (Å²) >= 11 is 0. The fourth-order valence-corrected chi connectivity index (χ4v) is 1.54. The fourth-order valence-electron chi connectivity index (χ4n) is 1.54. The quantitative estimate of drug-likeness (QED) is 0.421. The number of rotatable bonds is 2. The van der Waals surface area contributed by atoms with Crippen LogP contribution in [0.4, 0.5) is 13.2 Å². The SMILES string of the molecule is O=C=NC1(c2cc(F)cc(F)c2F)CC1. The molecule has 1 saturated carbocycles. The molecule has 1 aliphatic rings. The number of hydrogen-bond acceptors (Lipinski definition) is 2. The highest BCUT2D eigenvalue weighted by atomic mass is 19.2. The van der Waals surface area contributed by atoms with Gasteiger partial charge in [0.25, 0.3) is 0 Å². The lowest BCUT2D eigenvalue weighted by Crippen LogP contribution is -2.08. The Hall–Kier alpha value is -1.61. The van der Waals surface area contributed by atoms with Crippen LogP contribution in [0.5, 0.6) is 0 Å². The molecule has 0 bridgehead atoms. The van der Waals surface area contributed by atoms with Crippen molar-refractivity contribution in [1.82, 2.24) is 0 Å². The van der Waals surface area contributed by atoms with Crippen molar-refractivity contribution in [3.05, 3.63) is 35.1 Å². The lowest BCUT2D eigenvalue weighted by molar-refractivity contribution is 0.471. The Morgan fingerprint density at radius 2 is 1.93 bits per heavy atom. The third-order valence-corrected chi connectivity index (χ3v) is 2.48. The number of carbonyl (C=O) groups excluding carboxylic acids is 1. The van der Waals surface area contributed by atoms with Crippen LogP contribution in [-0.2, 0) is 10.3 Å². The second kappa shape index (κ2) is 3.21. The van der Waals surface area contributed by atoms with E-state index < -0.39 is 23.0 Å². The lowest BCUT2D eigenvalue weighted by Gasteiger charge is -2.09. The zero-order valence-electron chi connectivity index (χ0n) is 7.56. The highest BCUT2D eigenvalue weighted by Gasteiger charge is 2.47. The van der Waals surface area contributed by atoms with Crippen LogP contribution >= 0.6 is 0 Å². The first-order valence-corrected chi connectivity index (χ1v) is 4.33. The molecule has 0 unspecified atom stereocenters. The first-order valence-electron chi connectivity index (χ1n) is 4.33. The second-order valence-corrected chi connectivity index (χ2v) is 3.48. The number of hydrogen-bond donors (Lipinski definition) is 0. The number of benzene rings is 1. The molecule has 1 aromatic carbocycles. The average molecular weight is 213 g/mol. The molecule has 1 aliphatic carbocycles. The molecule has 1 aromatic rings. The molecule has 1 fully saturated rings. The van der Waals surface area contributed by atoms with Gasteiger partial charge in [0, 0.05) is 11.6 Å². The third-order valence-electron chi connectivity index (χ3n) is 2.48. The summed E-state index contributed by atoms with van der Waals surface area (Å²) in [6, 6.07) is 1.33. The van der Waals surface area contributed by atoms with Crippen LogP contribution < -0.4 is 0 Å². The molecule has 0 spiro atoms. The summed E-state index contributed by atoms with van der Waals surface area (Å²) in [6.45, 7) is 0. The zero-order valence-corrected chi connectivity index (χ0v) is 7.56. The van der Waals surface area contributed by atoms with E-state index in [4.69, 9.17) is 0 Å². The van der Waals surface area contributed by atoms with Crippen molar-refractivity contribution in [2.75, 3.05) is 0 Å². The van der Waals surface area contributed by atoms with Crippen LogP contribution in [0.1, 0.15) is 18.4 Å². The normalized spacial score (nSPS) is 17.0. The number of isocyanates is 1. The van der Waals surface area contributed by atoms with E-state index in [-0.39, 0.29) is 5.56 Å². The molecule has 0 aliphatic heterocycles. The van der Waals surface area contributed by atoms with Crippen LogP contribution in [0, 0.1) is 17.5 Å². The summed E-state index contributed by atoms with van der Waals surface area (Å²) in [5.74, 6) is -3.29. The van der Waals surface area contributed by atoms with E-state index in [1.165, 1.54) is 6.08 Å². The van der Waals surface area contributed by atoms with Gasteiger partial charge in [-0.3, -0.25) is 0 Å². The fraction of sp³-hybridized carbons (Fsp3) is 0.300. The van der Waals surface area contributed by atoms with Gasteiger partial charge in [0.1, 0.15) is 11.4 Å². The predicted molar refractivity (Wildman–Crippen MR) is 45.3 cm³/mol. The highest BCUT2D eigenvalue weighted by Crippen LogP contribution is 2.50. The predicted octanol–water partition coefficient (Wildman–Crippen LogP) is 2.43. The van der Waals surface area contributed by atoms with Crippen molar-refractivity contribution in [3.63, 3.8) is 0 Å². The molecular formula is C10H6F3NO. The van der Waals surface area contributed by atoms with Gasteiger partial charge in [-0.25, -0.2) is 18.0 Å². The van der Waals surface area contributed by atoms with Crippen molar-refractivity contribution in [2.24, 2.45) is 4.99 Å². The molecule has 2 rings (SSSR count). The minimum absolute atomic E-state index is 0.205. The van der Waals surface area contributed by atoms with Gasteiger partial charge in [0.05, 0.1) is 0 Å². The molecule has 0 amide bonds. The van der Waals surface area contributed by atoms with E-state index >= 15 is 0 Å². The largest absolute Gasteiger partial charge is 0.235 e. The van der Waals surface area contributed by atoms with Gasteiger partial charge in [-0.1, -0.05) is 0 Å². The zero-order chi connectivity index (χ0) is 11.1. The van der Waals surface area contributed by atoms with Crippen LogP contribution in [0.15, 0.2) is 17.1 Å². The summed E-state index contributed by atoms with van der Waals surface area (Å²) in [5, 5.41) is 0. The van der Waals surface area contributed by atoms with Gasteiger partial charge in [-0.05, 0) is 18.9 Å². The number of halogens is 3. The van der Waals surface area contributed by atoms with E-state index in [1.807, 2.05) is 0 Å². The topological polar surface area (TPSA) is 29.4 Å². The van der Waals surface area contributed by atoms with Crippen LogP contribution in [-0.4, -0.2) is 6.08 Å². The molecule has 0 radical (unpaired) electrons. The van der Waals surface area contributed by atoms with Crippen LogP contribution in [0.3, 0.4) is 0 Å². The van der Waals surface area contributed by atoms with Gasteiger partial charge in [0.2, 0.25) is 6.08 Å². The summed E-state index contributed by atoms with van der Waals surface area (Å²) in [7, 11) is 0. The third kappa shape index (κ3) is 1.55. The molecule has 0 heterocycles. The minimum atomic E-state index is -1.27. The Bertz CT molecular complexity index is 462. The monoisotopic (exact) mass is 213 g/mol.